The number of amides is 1. The predicted octanol–water partition coefficient (Wildman–Crippen LogP) is 4.53. The highest BCUT2D eigenvalue weighted by atomic mass is 16.1. The van der Waals surface area contributed by atoms with E-state index in [-0.39, 0.29) is 5.91 Å². The Labute approximate surface area is 141 Å². The molecule has 0 saturated heterocycles. The van der Waals surface area contributed by atoms with Gasteiger partial charge in [-0.05, 0) is 24.3 Å². The Morgan fingerprint density at radius 1 is 0.913 bits per heavy atom. The third-order valence-corrected chi connectivity index (χ3v) is 3.05. The van der Waals surface area contributed by atoms with Crippen molar-refractivity contribution in [2.45, 2.75) is 41.3 Å². The van der Waals surface area contributed by atoms with Crippen LogP contribution in [-0.2, 0) is 0 Å². The molecule has 2 rings (SSSR count). The second-order valence-electron chi connectivity index (χ2n) is 4.82. The minimum Gasteiger partial charge on any atom is -0.397 e. The molecule has 0 spiro atoms. The lowest BCUT2D eigenvalue weighted by Gasteiger charge is -2.08. The zero-order valence-corrected chi connectivity index (χ0v) is 15.2. The summed E-state index contributed by atoms with van der Waals surface area (Å²) in [6, 6.07) is 14.9. The zero-order valence-electron chi connectivity index (χ0n) is 15.2. The molecule has 124 valence electrons. The van der Waals surface area contributed by atoms with Crippen molar-refractivity contribution in [3.8, 4) is 0 Å². The molecule has 0 radical (unpaired) electrons. The summed E-state index contributed by atoms with van der Waals surface area (Å²) in [5, 5.41) is 2.81. The maximum atomic E-state index is 12.1. The average Bonchev–Trinajstić information content (AvgIpc) is 2.60. The van der Waals surface area contributed by atoms with E-state index < -0.39 is 0 Å². The molecule has 0 atom stereocenters. The minimum absolute atomic E-state index is 0.145. The molecule has 0 unspecified atom stereocenters. The molecule has 0 bridgehead atoms. The summed E-state index contributed by atoms with van der Waals surface area (Å²) in [5.74, 6) is -0.145. The van der Waals surface area contributed by atoms with Gasteiger partial charge in [-0.2, -0.15) is 0 Å². The summed E-state index contributed by atoms with van der Waals surface area (Å²) in [5.41, 5.74) is 8.85. The van der Waals surface area contributed by atoms with E-state index in [1.165, 1.54) is 5.46 Å². The second-order valence-corrected chi connectivity index (χ2v) is 4.82. The van der Waals surface area contributed by atoms with Gasteiger partial charge >= 0.3 is 0 Å². The molecule has 0 saturated carbocycles. The van der Waals surface area contributed by atoms with Gasteiger partial charge in [0.1, 0.15) is 0 Å². The fourth-order valence-corrected chi connectivity index (χ4v) is 1.82. The molecule has 0 aliphatic carbocycles. The molecular weight excluding hydrogens is 283 g/mol. The minimum atomic E-state index is -0.145. The zero-order chi connectivity index (χ0) is 17.8. The van der Waals surface area contributed by atoms with E-state index in [0.717, 1.165) is 0 Å². The lowest BCUT2D eigenvalue weighted by atomic mass is 9.49. The molecule has 2 aromatic carbocycles. The van der Waals surface area contributed by atoms with Crippen LogP contribution < -0.4 is 16.5 Å². The van der Waals surface area contributed by atoms with Gasteiger partial charge in [0.05, 0.1) is 11.4 Å². The fourth-order valence-electron chi connectivity index (χ4n) is 1.82. The van der Waals surface area contributed by atoms with Gasteiger partial charge in [-0.15, -0.1) is 0 Å². The lowest BCUT2D eigenvalue weighted by molar-refractivity contribution is 0.102. The fraction of sp³-hybridized carbons (Fsp3) is 0.316. The van der Waals surface area contributed by atoms with Crippen LogP contribution >= 0.6 is 0 Å². The second kappa shape index (κ2) is 11.4. The van der Waals surface area contributed by atoms with E-state index in [0.29, 0.717) is 23.7 Å². The number of carbonyl (C=O) groups is 1. The third-order valence-electron chi connectivity index (χ3n) is 3.05. The number of benzene rings is 2. The number of rotatable bonds is 3. The Morgan fingerprint density at radius 2 is 1.43 bits per heavy atom. The van der Waals surface area contributed by atoms with Crippen LogP contribution in [0.5, 0.6) is 0 Å². The highest BCUT2D eigenvalue weighted by molar-refractivity contribution is 6.70. The van der Waals surface area contributed by atoms with Crippen LogP contribution in [-0.4, -0.2) is 12.6 Å². The van der Waals surface area contributed by atoms with Crippen molar-refractivity contribution in [1.82, 2.24) is 0 Å². The Balaban J connectivity index is 0.00000112. The first-order valence-electron chi connectivity index (χ1n) is 8.33. The van der Waals surface area contributed by atoms with Crippen molar-refractivity contribution in [3.63, 3.8) is 0 Å². The van der Waals surface area contributed by atoms with E-state index >= 15 is 0 Å². The standard InChI is InChI=1S/C15H17BN2O.2C2H6/c1-16(2)12-9-7-11(8-10-12)15(19)18-14-6-4-3-5-13(14)17;2*1-2/h3-10H,17H2,1-2H3,(H,18,19);2*1-2H3. The van der Waals surface area contributed by atoms with Crippen LogP contribution in [0.3, 0.4) is 0 Å². The monoisotopic (exact) mass is 312 g/mol. The summed E-state index contributed by atoms with van der Waals surface area (Å²) in [6.07, 6.45) is 0. The van der Waals surface area contributed by atoms with Gasteiger partial charge in [0.2, 0.25) is 0 Å². The Bertz CT molecular complexity index is 580. The highest BCUT2D eigenvalue weighted by Gasteiger charge is 2.09. The van der Waals surface area contributed by atoms with Crippen molar-refractivity contribution in [2.24, 2.45) is 0 Å². The largest absolute Gasteiger partial charge is 0.397 e. The maximum Gasteiger partial charge on any atom is 0.255 e. The molecule has 0 fully saturated rings. The van der Waals surface area contributed by atoms with E-state index in [9.17, 15) is 4.79 Å². The number of nitrogen functional groups attached to an aromatic ring is 1. The first kappa shape index (κ1) is 20.8. The first-order chi connectivity index (χ1) is 11.1. The summed E-state index contributed by atoms with van der Waals surface area (Å²) in [7, 11) is 0. The van der Waals surface area contributed by atoms with E-state index in [1.807, 2.05) is 64.1 Å². The molecular formula is C19H29BN2O. The molecule has 0 heterocycles. The normalized spacial score (nSPS) is 8.78. The third kappa shape index (κ3) is 6.60. The van der Waals surface area contributed by atoms with Crippen molar-refractivity contribution in [2.75, 3.05) is 11.1 Å². The Kier molecular flexibility index (Phi) is 10.3. The van der Waals surface area contributed by atoms with Gasteiger partial charge in [-0.3, -0.25) is 4.79 Å². The molecule has 3 N–H and O–H groups in total. The summed E-state index contributed by atoms with van der Waals surface area (Å²) in [4.78, 5) is 12.1. The van der Waals surface area contributed by atoms with E-state index in [1.54, 1.807) is 12.1 Å². The SMILES string of the molecule is CB(C)c1ccc(C(=O)Nc2ccccc2N)cc1.CC.CC. The molecule has 0 aliphatic rings. The van der Waals surface area contributed by atoms with Gasteiger partial charge in [0, 0.05) is 5.56 Å². The Hall–Kier alpha value is -2.23. The number of anilines is 2. The van der Waals surface area contributed by atoms with E-state index in [4.69, 9.17) is 5.73 Å². The number of hydrogen-bond donors (Lipinski definition) is 2. The first-order valence-corrected chi connectivity index (χ1v) is 8.33. The summed E-state index contributed by atoms with van der Waals surface area (Å²) < 4.78 is 0. The van der Waals surface area contributed by atoms with Gasteiger partial charge in [-0.25, -0.2) is 0 Å². The number of carbonyl (C=O) groups excluding carboxylic acids is 1. The molecule has 3 nitrogen and oxygen atoms in total. The summed E-state index contributed by atoms with van der Waals surface area (Å²) in [6.45, 7) is 12.7. The van der Waals surface area contributed by atoms with Crippen LogP contribution in [0.2, 0.25) is 13.6 Å². The quantitative estimate of drug-likeness (QED) is 0.646. The van der Waals surface area contributed by atoms with Gasteiger partial charge in [0.15, 0.2) is 6.71 Å². The smallest absolute Gasteiger partial charge is 0.255 e. The topological polar surface area (TPSA) is 55.1 Å². The highest BCUT2D eigenvalue weighted by Crippen LogP contribution is 2.17. The van der Waals surface area contributed by atoms with Crippen molar-refractivity contribution < 1.29 is 4.79 Å². The van der Waals surface area contributed by atoms with Gasteiger partial charge in [-0.1, -0.05) is 71.1 Å². The van der Waals surface area contributed by atoms with Crippen LogP contribution in [0, 0.1) is 0 Å². The molecule has 2 aromatic rings. The molecule has 0 aliphatic heterocycles. The van der Waals surface area contributed by atoms with Crippen LogP contribution in [0.4, 0.5) is 11.4 Å². The summed E-state index contributed by atoms with van der Waals surface area (Å²) >= 11 is 0. The predicted molar refractivity (Wildman–Crippen MR) is 105 cm³/mol. The van der Waals surface area contributed by atoms with Crippen molar-refractivity contribution >= 4 is 29.5 Å². The molecule has 23 heavy (non-hydrogen) atoms. The van der Waals surface area contributed by atoms with Crippen molar-refractivity contribution in [1.29, 1.82) is 0 Å². The Morgan fingerprint density at radius 3 is 1.91 bits per heavy atom. The maximum absolute atomic E-state index is 12.1. The lowest BCUT2D eigenvalue weighted by Crippen LogP contribution is -2.23. The van der Waals surface area contributed by atoms with Crippen LogP contribution in [0.1, 0.15) is 38.1 Å². The molecule has 4 heteroatoms. The number of hydrogen-bond acceptors (Lipinski definition) is 2. The van der Waals surface area contributed by atoms with Crippen LogP contribution in [0.15, 0.2) is 48.5 Å². The number of nitrogens with one attached hydrogen (secondary N) is 1. The average molecular weight is 312 g/mol. The van der Waals surface area contributed by atoms with Gasteiger partial charge < -0.3 is 11.1 Å². The number of nitrogens with two attached hydrogens (primary N) is 1. The van der Waals surface area contributed by atoms with Crippen LogP contribution in [0.25, 0.3) is 0 Å². The molecule has 0 aromatic heterocycles. The van der Waals surface area contributed by atoms with E-state index in [2.05, 4.69) is 19.0 Å². The van der Waals surface area contributed by atoms with Gasteiger partial charge in [0.25, 0.3) is 5.91 Å². The van der Waals surface area contributed by atoms with Crippen molar-refractivity contribution in [3.05, 3.63) is 54.1 Å². The number of para-hydroxylation sites is 2. The molecule has 1 amide bonds.